The van der Waals surface area contributed by atoms with Gasteiger partial charge >= 0.3 is 10.0 Å². The summed E-state index contributed by atoms with van der Waals surface area (Å²) >= 11 is 0. The normalized spacial score (nSPS) is 18.3. The van der Waals surface area contributed by atoms with Gasteiger partial charge in [0.05, 0.1) is 5.56 Å². The lowest BCUT2D eigenvalue weighted by atomic mass is 10.2. The maximum Gasteiger partial charge on any atom is 0.300 e. The highest BCUT2D eigenvalue weighted by molar-refractivity contribution is 7.90. The van der Waals surface area contributed by atoms with E-state index in [0.717, 1.165) is 0 Å². The summed E-state index contributed by atoms with van der Waals surface area (Å²) in [5, 5.41) is 3.02. The van der Waals surface area contributed by atoms with Gasteiger partial charge in [0.25, 0.3) is 5.91 Å². The Bertz CT molecular complexity index is 504. The number of carbonyl (C=O) groups excluding carboxylic acids is 1. The third-order valence-electron chi connectivity index (χ3n) is 1.63. The molecular formula is C7H4N2O3S. The molecule has 1 aromatic carbocycles. The van der Waals surface area contributed by atoms with E-state index in [4.69, 9.17) is 0 Å². The molecule has 0 saturated heterocycles. The summed E-state index contributed by atoms with van der Waals surface area (Å²) in [7, 11) is -3.74. The molecule has 1 aromatic rings. The number of benzene rings is 1. The van der Waals surface area contributed by atoms with Crippen molar-refractivity contribution in [2.75, 3.05) is 0 Å². The summed E-state index contributed by atoms with van der Waals surface area (Å²) in [6, 6.07) is 5.85. The molecule has 0 fully saturated rings. The first-order valence-corrected chi connectivity index (χ1v) is 4.87. The maximum atomic E-state index is 11.2. The highest BCUT2D eigenvalue weighted by atomic mass is 32.2. The fourth-order valence-corrected chi connectivity index (χ4v) is 2.01. The van der Waals surface area contributed by atoms with Crippen LogP contribution < -0.4 is 0 Å². The maximum absolute atomic E-state index is 11.2. The van der Waals surface area contributed by atoms with Gasteiger partial charge in [0.2, 0.25) is 0 Å². The smallest absolute Gasteiger partial charge is 0.265 e. The molecule has 0 aromatic heterocycles. The van der Waals surface area contributed by atoms with E-state index in [2.05, 4.69) is 9.63 Å². The van der Waals surface area contributed by atoms with E-state index in [1.165, 1.54) is 18.2 Å². The number of rotatable bonds is 0. The molecule has 0 spiro atoms. The Balaban J connectivity index is 2.83. The molecule has 1 amide bonds. The number of carbonyl (C=O) groups is 1. The van der Waals surface area contributed by atoms with Crippen LogP contribution in [0.5, 0.6) is 0 Å². The molecule has 13 heavy (non-hydrogen) atoms. The van der Waals surface area contributed by atoms with Gasteiger partial charge in [0, 0.05) is 0 Å². The monoisotopic (exact) mass is 196 g/mol. The SMILES string of the molecule is O=C1N=NS(=O)(=O)c2ccccc21. The predicted octanol–water partition coefficient (Wildman–Crippen LogP) is 0.981. The minimum absolute atomic E-state index is 0.0741. The number of hydrogen-bond donors (Lipinski definition) is 0. The van der Waals surface area contributed by atoms with Crippen LogP contribution in [-0.4, -0.2) is 14.3 Å². The molecule has 0 aliphatic carbocycles. The molecule has 6 heteroatoms. The summed E-state index contributed by atoms with van der Waals surface area (Å²) in [5.74, 6) is -0.620. The first-order valence-electron chi connectivity index (χ1n) is 3.43. The second kappa shape index (κ2) is 2.46. The number of sulfonamides is 1. The van der Waals surface area contributed by atoms with Crippen LogP contribution >= 0.6 is 0 Å². The second-order valence-corrected chi connectivity index (χ2v) is 4.01. The Morgan fingerprint density at radius 3 is 2.54 bits per heavy atom. The summed E-state index contributed by atoms with van der Waals surface area (Å²) in [4.78, 5) is 11.0. The van der Waals surface area contributed by atoms with E-state index in [1.54, 1.807) is 6.07 Å². The molecule has 0 atom stereocenters. The zero-order chi connectivity index (χ0) is 9.47. The molecule has 0 N–H and O–H groups in total. The van der Waals surface area contributed by atoms with Crippen LogP contribution in [0.2, 0.25) is 0 Å². The standard InChI is InChI=1S/C7H4N2O3S/c10-7-5-3-1-2-4-6(5)13(11,12)9-8-7/h1-4H. The molecule has 1 aliphatic rings. The van der Waals surface area contributed by atoms with Crippen molar-refractivity contribution in [2.45, 2.75) is 4.90 Å². The summed E-state index contributed by atoms with van der Waals surface area (Å²) < 4.78 is 25.3. The Labute approximate surface area is 74.2 Å². The topological polar surface area (TPSA) is 75.9 Å². The molecule has 66 valence electrons. The van der Waals surface area contributed by atoms with Gasteiger partial charge in [-0.05, 0) is 12.1 Å². The van der Waals surface area contributed by atoms with Crippen molar-refractivity contribution in [3.05, 3.63) is 29.8 Å². The Kier molecular flexibility index (Phi) is 1.53. The average Bonchev–Trinajstić information content (AvgIpc) is 2.13. The highest BCUT2D eigenvalue weighted by Crippen LogP contribution is 2.22. The molecule has 0 saturated carbocycles. The molecule has 0 unspecified atom stereocenters. The van der Waals surface area contributed by atoms with Crippen molar-refractivity contribution in [1.29, 1.82) is 0 Å². The molecular weight excluding hydrogens is 192 g/mol. The molecule has 5 nitrogen and oxygen atoms in total. The van der Waals surface area contributed by atoms with Gasteiger partial charge < -0.3 is 0 Å². The van der Waals surface area contributed by atoms with Gasteiger partial charge in [0.15, 0.2) is 0 Å². The van der Waals surface area contributed by atoms with Crippen LogP contribution in [-0.2, 0) is 10.0 Å². The Hall–Kier alpha value is -1.56. The third kappa shape index (κ3) is 1.15. The van der Waals surface area contributed by atoms with Crippen molar-refractivity contribution >= 4 is 15.9 Å². The van der Waals surface area contributed by atoms with Crippen LogP contribution in [0.1, 0.15) is 10.4 Å². The van der Waals surface area contributed by atoms with Gasteiger partial charge in [-0.3, -0.25) is 4.79 Å². The predicted molar refractivity (Wildman–Crippen MR) is 42.8 cm³/mol. The third-order valence-corrected chi connectivity index (χ3v) is 2.84. The Morgan fingerprint density at radius 1 is 1.15 bits per heavy atom. The fraction of sp³-hybridized carbons (Fsp3) is 0. The minimum Gasteiger partial charge on any atom is -0.265 e. The second-order valence-electron chi connectivity index (χ2n) is 2.46. The highest BCUT2D eigenvalue weighted by Gasteiger charge is 2.26. The summed E-state index contributed by atoms with van der Waals surface area (Å²) in [6.45, 7) is 0. The van der Waals surface area contributed by atoms with Crippen molar-refractivity contribution in [1.82, 2.24) is 0 Å². The van der Waals surface area contributed by atoms with E-state index >= 15 is 0 Å². The van der Waals surface area contributed by atoms with Gasteiger partial charge in [-0.25, -0.2) is 0 Å². The quantitative estimate of drug-likeness (QED) is 0.620. The zero-order valence-corrected chi connectivity index (χ0v) is 7.15. The molecule has 1 aliphatic heterocycles. The van der Waals surface area contributed by atoms with Crippen molar-refractivity contribution in [3.63, 3.8) is 0 Å². The van der Waals surface area contributed by atoms with Gasteiger partial charge in [-0.15, -0.1) is 0 Å². The zero-order valence-electron chi connectivity index (χ0n) is 6.34. The van der Waals surface area contributed by atoms with Crippen LogP contribution in [0.25, 0.3) is 0 Å². The number of fused-ring (bicyclic) bond motifs is 1. The number of nitrogens with zero attached hydrogens (tertiary/aromatic N) is 2. The lowest BCUT2D eigenvalue weighted by Crippen LogP contribution is -2.10. The molecule has 0 radical (unpaired) electrons. The van der Waals surface area contributed by atoms with Crippen LogP contribution in [0.4, 0.5) is 0 Å². The van der Waals surface area contributed by atoms with Gasteiger partial charge in [-0.1, -0.05) is 21.8 Å². The van der Waals surface area contributed by atoms with E-state index in [-0.39, 0.29) is 10.5 Å². The van der Waals surface area contributed by atoms with E-state index in [9.17, 15) is 13.2 Å². The average molecular weight is 196 g/mol. The fourth-order valence-electron chi connectivity index (χ4n) is 1.06. The van der Waals surface area contributed by atoms with E-state index in [0.29, 0.717) is 0 Å². The first kappa shape index (κ1) is 8.06. The van der Waals surface area contributed by atoms with Crippen molar-refractivity contribution in [3.8, 4) is 0 Å². The van der Waals surface area contributed by atoms with Crippen molar-refractivity contribution < 1.29 is 13.2 Å². The molecule has 1 heterocycles. The minimum atomic E-state index is -3.74. The van der Waals surface area contributed by atoms with Crippen molar-refractivity contribution in [2.24, 2.45) is 9.63 Å². The summed E-state index contributed by atoms with van der Waals surface area (Å²) in [5.41, 5.74) is 0.0810. The largest absolute Gasteiger partial charge is 0.300 e. The molecule has 0 bridgehead atoms. The van der Waals surface area contributed by atoms with Crippen LogP contribution in [0.15, 0.2) is 38.8 Å². The first-order chi connectivity index (χ1) is 6.11. The summed E-state index contributed by atoms with van der Waals surface area (Å²) in [6.07, 6.45) is 0. The van der Waals surface area contributed by atoms with Crippen LogP contribution in [0, 0.1) is 0 Å². The van der Waals surface area contributed by atoms with Crippen LogP contribution in [0.3, 0.4) is 0 Å². The van der Waals surface area contributed by atoms with E-state index in [1.807, 2.05) is 0 Å². The Morgan fingerprint density at radius 2 is 1.85 bits per heavy atom. The van der Waals surface area contributed by atoms with Gasteiger partial charge in [-0.2, -0.15) is 8.42 Å². The number of amides is 1. The lowest BCUT2D eigenvalue weighted by Gasteiger charge is -2.06. The lowest BCUT2D eigenvalue weighted by molar-refractivity contribution is 0.0990. The number of hydrogen-bond acceptors (Lipinski definition) is 3. The van der Waals surface area contributed by atoms with E-state index < -0.39 is 15.9 Å². The van der Waals surface area contributed by atoms with Gasteiger partial charge in [0.1, 0.15) is 4.90 Å². The molecule has 2 rings (SSSR count).